The molecule has 4 heteroatoms. The van der Waals surface area contributed by atoms with E-state index in [1.807, 2.05) is 18.2 Å². The number of nitrogens with zero attached hydrogens (tertiary/aromatic N) is 1. The van der Waals surface area contributed by atoms with E-state index in [0.717, 1.165) is 10.8 Å². The van der Waals surface area contributed by atoms with Gasteiger partial charge < -0.3 is 5.11 Å². The molecule has 0 saturated carbocycles. The normalized spacial score (nSPS) is 10.5. The van der Waals surface area contributed by atoms with Crippen LogP contribution in [0.4, 0.5) is 0 Å². The smallest absolute Gasteiger partial charge is 0.309 e. The topological polar surface area (TPSA) is 50.2 Å². The minimum Gasteiger partial charge on any atom is -0.481 e. The van der Waals surface area contributed by atoms with Gasteiger partial charge >= 0.3 is 5.97 Å². The number of aromatic nitrogens is 1. The number of carbonyl (C=O) groups is 1. The van der Waals surface area contributed by atoms with E-state index in [-0.39, 0.29) is 6.42 Å². The first-order chi connectivity index (χ1) is 7.18. The summed E-state index contributed by atoms with van der Waals surface area (Å²) in [5.74, 6) is -0.907. The third kappa shape index (κ3) is 1.92. The molecule has 0 radical (unpaired) electrons. The van der Waals surface area contributed by atoms with Gasteiger partial charge in [0.25, 0.3) is 0 Å². The number of hydrogen-bond donors (Lipinski definition) is 1. The maximum atomic E-state index is 10.6. The molecular weight excluding hydrogens is 214 g/mol. The summed E-state index contributed by atoms with van der Waals surface area (Å²) >= 11 is 6.01. The zero-order valence-electron chi connectivity index (χ0n) is 7.77. The molecule has 1 aromatic carbocycles. The Hall–Kier alpha value is -1.61. The molecule has 0 atom stereocenters. The highest BCUT2D eigenvalue weighted by atomic mass is 35.5. The lowest BCUT2D eigenvalue weighted by molar-refractivity contribution is -0.136. The zero-order chi connectivity index (χ0) is 10.8. The van der Waals surface area contributed by atoms with Gasteiger partial charge in [-0.25, -0.2) is 0 Å². The summed E-state index contributed by atoms with van der Waals surface area (Å²) in [6.07, 6.45) is 1.48. The molecule has 0 saturated heterocycles. The molecule has 0 aliphatic rings. The molecule has 0 spiro atoms. The molecule has 0 unspecified atom stereocenters. The molecule has 0 amide bonds. The molecular formula is C11H8ClNO2. The fraction of sp³-hybridized carbons (Fsp3) is 0.0909. The van der Waals surface area contributed by atoms with E-state index in [4.69, 9.17) is 16.7 Å². The highest BCUT2D eigenvalue weighted by Gasteiger charge is 2.09. The lowest BCUT2D eigenvalue weighted by atomic mass is 10.1. The van der Waals surface area contributed by atoms with Crippen LogP contribution in [0, 0.1) is 0 Å². The third-order valence-corrected chi connectivity index (χ3v) is 2.45. The Bertz CT molecular complexity index is 520. The number of rotatable bonds is 2. The third-order valence-electron chi connectivity index (χ3n) is 2.14. The molecule has 0 aliphatic carbocycles. The number of aliphatic carboxylic acids is 1. The summed E-state index contributed by atoms with van der Waals surface area (Å²) in [6, 6.07) is 7.26. The van der Waals surface area contributed by atoms with E-state index in [1.165, 1.54) is 0 Å². The van der Waals surface area contributed by atoms with Crippen molar-refractivity contribution in [1.82, 2.24) is 4.98 Å². The average molecular weight is 222 g/mol. The summed E-state index contributed by atoms with van der Waals surface area (Å²) in [7, 11) is 0. The Kier molecular flexibility index (Phi) is 2.56. The van der Waals surface area contributed by atoms with Crippen LogP contribution in [-0.2, 0) is 11.2 Å². The van der Waals surface area contributed by atoms with Gasteiger partial charge in [0.15, 0.2) is 0 Å². The van der Waals surface area contributed by atoms with Gasteiger partial charge in [-0.2, -0.15) is 0 Å². The molecule has 2 rings (SSSR count). The standard InChI is InChI=1S/C11H8ClNO2/c12-8-3-1-2-7-4-5-13-9(11(7)8)6-10(14)15/h1-5H,6H2,(H,14,15). The summed E-state index contributed by atoms with van der Waals surface area (Å²) in [5, 5.41) is 10.9. The lowest BCUT2D eigenvalue weighted by Gasteiger charge is -2.04. The maximum Gasteiger partial charge on any atom is 0.309 e. The number of hydrogen-bond acceptors (Lipinski definition) is 2. The van der Waals surface area contributed by atoms with E-state index in [9.17, 15) is 4.79 Å². The first-order valence-electron chi connectivity index (χ1n) is 4.42. The Balaban J connectivity index is 2.68. The van der Waals surface area contributed by atoms with Crippen molar-refractivity contribution < 1.29 is 9.90 Å². The van der Waals surface area contributed by atoms with Crippen molar-refractivity contribution in [2.75, 3.05) is 0 Å². The number of fused-ring (bicyclic) bond motifs is 1. The first-order valence-corrected chi connectivity index (χ1v) is 4.80. The van der Waals surface area contributed by atoms with Crippen molar-refractivity contribution in [2.45, 2.75) is 6.42 Å². The van der Waals surface area contributed by atoms with Crippen molar-refractivity contribution in [3.8, 4) is 0 Å². The summed E-state index contributed by atoms with van der Waals surface area (Å²) in [5.41, 5.74) is 0.505. The fourth-order valence-electron chi connectivity index (χ4n) is 1.53. The monoisotopic (exact) mass is 221 g/mol. The summed E-state index contributed by atoms with van der Waals surface area (Å²) in [6.45, 7) is 0. The number of carboxylic acids is 1. The van der Waals surface area contributed by atoms with Gasteiger partial charge in [0.1, 0.15) is 0 Å². The average Bonchev–Trinajstić information content (AvgIpc) is 2.17. The van der Waals surface area contributed by atoms with Crippen LogP contribution < -0.4 is 0 Å². The molecule has 15 heavy (non-hydrogen) atoms. The highest BCUT2D eigenvalue weighted by Crippen LogP contribution is 2.25. The van der Waals surface area contributed by atoms with Crippen molar-refractivity contribution >= 4 is 28.3 Å². The van der Waals surface area contributed by atoms with Crippen LogP contribution in [0.1, 0.15) is 5.69 Å². The SMILES string of the molecule is O=C(O)Cc1nccc2cccc(Cl)c12. The van der Waals surface area contributed by atoms with Crippen LogP contribution in [0.15, 0.2) is 30.5 Å². The van der Waals surface area contributed by atoms with Gasteiger partial charge in [-0.15, -0.1) is 0 Å². The molecule has 1 aromatic heterocycles. The molecule has 76 valence electrons. The Labute approximate surface area is 91.3 Å². The number of carboxylic acid groups (broad SMARTS) is 1. The van der Waals surface area contributed by atoms with Crippen molar-refractivity contribution in [3.05, 3.63) is 41.2 Å². The lowest BCUT2D eigenvalue weighted by Crippen LogP contribution is -2.03. The van der Waals surface area contributed by atoms with Crippen LogP contribution in [0.25, 0.3) is 10.8 Å². The predicted molar refractivity (Wildman–Crippen MR) is 58.1 cm³/mol. The second-order valence-electron chi connectivity index (χ2n) is 3.17. The second-order valence-corrected chi connectivity index (χ2v) is 3.57. The highest BCUT2D eigenvalue weighted by molar-refractivity contribution is 6.35. The van der Waals surface area contributed by atoms with Crippen LogP contribution in [0.3, 0.4) is 0 Å². The number of halogens is 1. The molecule has 1 N–H and O–H groups in total. The Morgan fingerprint density at radius 3 is 2.93 bits per heavy atom. The van der Waals surface area contributed by atoms with Crippen LogP contribution in [0.5, 0.6) is 0 Å². The van der Waals surface area contributed by atoms with Crippen LogP contribution in [-0.4, -0.2) is 16.1 Å². The minimum atomic E-state index is -0.907. The van der Waals surface area contributed by atoms with Crippen molar-refractivity contribution in [1.29, 1.82) is 0 Å². The van der Waals surface area contributed by atoms with Crippen LogP contribution >= 0.6 is 11.6 Å². The number of benzene rings is 1. The Morgan fingerprint density at radius 2 is 2.20 bits per heavy atom. The quantitative estimate of drug-likeness (QED) is 0.848. The minimum absolute atomic E-state index is 0.110. The fourth-order valence-corrected chi connectivity index (χ4v) is 1.82. The Morgan fingerprint density at radius 1 is 1.40 bits per heavy atom. The van der Waals surface area contributed by atoms with E-state index in [0.29, 0.717) is 10.7 Å². The summed E-state index contributed by atoms with van der Waals surface area (Å²) in [4.78, 5) is 14.7. The maximum absolute atomic E-state index is 10.6. The molecule has 0 bridgehead atoms. The second kappa shape index (κ2) is 3.87. The summed E-state index contributed by atoms with van der Waals surface area (Å²) < 4.78 is 0. The van der Waals surface area contributed by atoms with Gasteiger partial charge in [0.2, 0.25) is 0 Å². The largest absolute Gasteiger partial charge is 0.481 e. The van der Waals surface area contributed by atoms with Gasteiger partial charge in [-0.1, -0.05) is 23.7 Å². The van der Waals surface area contributed by atoms with Gasteiger partial charge in [0, 0.05) is 11.6 Å². The molecule has 1 heterocycles. The first kappa shape index (κ1) is 9.93. The van der Waals surface area contributed by atoms with E-state index in [1.54, 1.807) is 12.3 Å². The molecule has 2 aromatic rings. The van der Waals surface area contributed by atoms with Crippen molar-refractivity contribution in [3.63, 3.8) is 0 Å². The van der Waals surface area contributed by atoms with Crippen LogP contribution in [0.2, 0.25) is 5.02 Å². The molecule has 0 aliphatic heterocycles. The molecule has 3 nitrogen and oxygen atoms in total. The number of pyridine rings is 1. The van der Waals surface area contributed by atoms with Gasteiger partial charge in [-0.05, 0) is 17.5 Å². The predicted octanol–water partition coefficient (Wildman–Crippen LogP) is 2.52. The molecule has 0 fully saturated rings. The van der Waals surface area contributed by atoms with Crippen molar-refractivity contribution in [2.24, 2.45) is 0 Å². The van der Waals surface area contributed by atoms with E-state index < -0.39 is 5.97 Å². The van der Waals surface area contributed by atoms with E-state index >= 15 is 0 Å². The zero-order valence-corrected chi connectivity index (χ0v) is 8.53. The van der Waals surface area contributed by atoms with E-state index in [2.05, 4.69) is 4.98 Å². The van der Waals surface area contributed by atoms with Gasteiger partial charge in [0.05, 0.1) is 17.1 Å². The van der Waals surface area contributed by atoms with Gasteiger partial charge in [-0.3, -0.25) is 9.78 Å².